The molecule has 3 heteroatoms. The smallest absolute Gasteiger partial charge is 0.115 e. The first-order valence-corrected chi connectivity index (χ1v) is 6.65. The molecule has 1 heterocycles. The third-order valence-electron chi connectivity index (χ3n) is 5.17. The molecule has 2 aliphatic rings. The Kier molecular flexibility index (Phi) is 3.75. The topological polar surface area (TPSA) is 23.5 Å². The van der Waals surface area contributed by atoms with Gasteiger partial charge in [-0.3, -0.25) is 4.90 Å². The lowest BCUT2D eigenvalue weighted by atomic mass is 9.67. The number of halogens is 1. The van der Waals surface area contributed by atoms with E-state index >= 15 is 0 Å². The number of likely N-dealkylation sites (tertiary alicyclic amines) is 1. The van der Waals surface area contributed by atoms with Crippen molar-refractivity contribution in [3.05, 3.63) is 29.8 Å². The van der Waals surface area contributed by atoms with E-state index in [4.69, 9.17) is 0 Å². The quantitative estimate of drug-likeness (QED) is 0.858. The molecule has 0 radical (unpaired) electrons. The summed E-state index contributed by atoms with van der Waals surface area (Å²) in [7, 11) is 2.26. The molecule has 3 rings (SSSR count). The van der Waals surface area contributed by atoms with Crippen molar-refractivity contribution in [2.75, 3.05) is 7.05 Å². The second-order valence-corrected chi connectivity index (χ2v) is 5.80. The average Bonchev–Trinajstić information content (AvgIpc) is 2.52. The summed E-state index contributed by atoms with van der Waals surface area (Å²) in [6.45, 7) is 2.34. The van der Waals surface area contributed by atoms with Gasteiger partial charge in [0.1, 0.15) is 5.75 Å². The van der Waals surface area contributed by atoms with Crippen LogP contribution in [0, 0.1) is 0 Å². The van der Waals surface area contributed by atoms with Crippen molar-refractivity contribution in [2.24, 2.45) is 0 Å². The summed E-state index contributed by atoms with van der Waals surface area (Å²) in [6.07, 6.45) is 5.17. The van der Waals surface area contributed by atoms with Gasteiger partial charge in [0.2, 0.25) is 0 Å². The van der Waals surface area contributed by atoms with Crippen LogP contribution < -0.4 is 0 Å². The number of likely N-dealkylation sites (N-methyl/N-ethyl adjacent to an activating group) is 1. The van der Waals surface area contributed by atoms with Crippen LogP contribution in [-0.4, -0.2) is 29.1 Å². The zero-order valence-electron chi connectivity index (χ0n) is 11.1. The van der Waals surface area contributed by atoms with Crippen molar-refractivity contribution in [2.45, 2.75) is 50.1 Å². The first kappa shape index (κ1) is 13.9. The fourth-order valence-corrected chi connectivity index (χ4v) is 4.03. The Morgan fingerprint density at radius 3 is 2.89 bits per heavy atom. The molecule has 0 spiro atoms. The number of hydrogen-bond acceptors (Lipinski definition) is 2. The summed E-state index contributed by atoms with van der Waals surface area (Å²) < 4.78 is 0. The summed E-state index contributed by atoms with van der Waals surface area (Å²) in [6, 6.07) is 9.23. The molecule has 18 heavy (non-hydrogen) atoms. The number of nitrogens with zero attached hydrogens (tertiary/aromatic N) is 1. The van der Waals surface area contributed by atoms with Gasteiger partial charge in [-0.1, -0.05) is 18.6 Å². The fraction of sp³-hybridized carbons (Fsp3) is 0.600. The minimum Gasteiger partial charge on any atom is -0.508 e. The van der Waals surface area contributed by atoms with E-state index in [1.165, 1.54) is 31.2 Å². The van der Waals surface area contributed by atoms with Crippen LogP contribution in [0.15, 0.2) is 24.3 Å². The number of aromatic hydroxyl groups is 1. The molecule has 1 saturated carbocycles. The maximum Gasteiger partial charge on any atom is 0.115 e. The van der Waals surface area contributed by atoms with Gasteiger partial charge in [-0.25, -0.2) is 0 Å². The molecule has 1 N–H and O–H groups in total. The largest absolute Gasteiger partial charge is 0.508 e. The maximum atomic E-state index is 9.71. The van der Waals surface area contributed by atoms with Crippen LogP contribution in [0.25, 0.3) is 0 Å². The second kappa shape index (κ2) is 4.86. The van der Waals surface area contributed by atoms with Crippen molar-refractivity contribution >= 4 is 17.0 Å². The van der Waals surface area contributed by atoms with E-state index in [0.29, 0.717) is 11.8 Å². The van der Waals surface area contributed by atoms with Gasteiger partial charge < -0.3 is 5.11 Å². The lowest BCUT2D eigenvalue weighted by molar-refractivity contribution is 0.239. The molecular formula is C15H22BrNO. The number of rotatable bonds is 1. The molecule has 1 aliphatic carbocycles. The molecule has 3 unspecified atom stereocenters. The summed E-state index contributed by atoms with van der Waals surface area (Å²) in [5, 5.41) is 9.71. The summed E-state index contributed by atoms with van der Waals surface area (Å²) >= 11 is 0. The molecule has 1 aliphatic heterocycles. The van der Waals surface area contributed by atoms with Gasteiger partial charge in [-0.05, 0) is 50.9 Å². The van der Waals surface area contributed by atoms with Gasteiger partial charge in [0.05, 0.1) is 0 Å². The Bertz CT molecular complexity index is 436. The van der Waals surface area contributed by atoms with Crippen molar-refractivity contribution in [3.63, 3.8) is 0 Å². The van der Waals surface area contributed by atoms with Crippen molar-refractivity contribution < 1.29 is 5.11 Å². The maximum absolute atomic E-state index is 9.71. The van der Waals surface area contributed by atoms with Crippen molar-refractivity contribution in [3.8, 4) is 5.75 Å². The molecule has 1 saturated heterocycles. The van der Waals surface area contributed by atoms with Gasteiger partial charge in [-0.2, -0.15) is 0 Å². The van der Waals surface area contributed by atoms with E-state index in [-0.39, 0.29) is 22.4 Å². The Labute approximate surface area is 120 Å². The first-order chi connectivity index (χ1) is 8.13. The Hall–Kier alpha value is -0.540. The first-order valence-electron chi connectivity index (χ1n) is 6.65. The highest BCUT2D eigenvalue weighted by atomic mass is 79.9. The number of phenols is 1. The summed E-state index contributed by atoms with van der Waals surface area (Å²) in [4.78, 5) is 2.54. The van der Waals surface area contributed by atoms with Crippen LogP contribution in [0.1, 0.15) is 38.2 Å². The van der Waals surface area contributed by atoms with Gasteiger partial charge in [0.15, 0.2) is 0 Å². The molecule has 1 aromatic carbocycles. The zero-order chi connectivity index (χ0) is 12.0. The van der Waals surface area contributed by atoms with Crippen molar-refractivity contribution in [1.82, 2.24) is 4.90 Å². The minimum atomic E-state index is 0. The van der Waals surface area contributed by atoms with Crippen LogP contribution in [0.3, 0.4) is 0 Å². The van der Waals surface area contributed by atoms with E-state index < -0.39 is 0 Å². The van der Waals surface area contributed by atoms with Crippen LogP contribution in [0.2, 0.25) is 0 Å². The van der Waals surface area contributed by atoms with E-state index in [9.17, 15) is 5.11 Å². The molecular weight excluding hydrogens is 290 g/mol. The third-order valence-corrected chi connectivity index (χ3v) is 5.17. The van der Waals surface area contributed by atoms with Crippen LogP contribution >= 0.6 is 17.0 Å². The van der Waals surface area contributed by atoms with E-state index in [1.807, 2.05) is 12.1 Å². The van der Waals surface area contributed by atoms with E-state index in [1.54, 1.807) is 6.07 Å². The van der Waals surface area contributed by atoms with Gasteiger partial charge >= 0.3 is 0 Å². The predicted octanol–water partition coefficient (Wildman–Crippen LogP) is 3.48. The Morgan fingerprint density at radius 2 is 2.17 bits per heavy atom. The Balaban J connectivity index is 0.00000120. The molecule has 3 atom stereocenters. The number of hydrogen-bond donors (Lipinski definition) is 1. The lowest BCUT2D eigenvalue weighted by Gasteiger charge is -2.36. The summed E-state index contributed by atoms with van der Waals surface area (Å²) in [5.41, 5.74) is 1.61. The Morgan fingerprint density at radius 1 is 1.39 bits per heavy atom. The monoisotopic (exact) mass is 311 g/mol. The van der Waals surface area contributed by atoms with Gasteiger partial charge in [-0.15, -0.1) is 17.0 Å². The molecule has 2 bridgehead atoms. The van der Waals surface area contributed by atoms with E-state index in [0.717, 1.165) is 6.04 Å². The molecule has 2 nitrogen and oxygen atoms in total. The highest BCUT2D eigenvalue weighted by Gasteiger charge is 2.51. The molecule has 100 valence electrons. The zero-order valence-corrected chi connectivity index (χ0v) is 12.8. The van der Waals surface area contributed by atoms with Crippen LogP contribution in [-0.2, 0) is 5.41 Å². The molecule has 0 amide bonds. The molecule has 1 aromatic rings. The highest BCUT2D eigenvalue weighted by Crippen LogP contribution is 2.51. The second-order valence-electron chi connectivity index (χ2n) is 5.80. The minimum absolute atomic E-state index is 0. The number of phenolic OH excluding ortho intramolecular Hbond substituents is 1. The SMILES string of the molecule is Br.CC1N(C)C2CCCC1(c1cccc(O)c1)C2. The lowest BCUT2D eigenvalue weighted by Crippen LogP contribution is -2.38. The highest BCUT2D eigenvalue weighted by molar-refractivity contribution is 8.93. The molecule has 0 aromatic heterocycles. The third kappa shape index (κ3) is 1.88. The number of fused-ring (bicyclic) bond motifs is 2. The van der Waals surface area contributed by atoms with Crippen LogP contribution in [0.4, 0.5) is 0 Å². The summed E-state index contributed by atoms with van der Waals surface area (Å²) in [5.74, 6) is 0.403. The van der Waals surface area contributed by atoms with Crippen LogP contribution in [0.5, 0.6) is 5.75 Å². The van der Waals surface area contributed by atoms with E-state index in [2.05, 4.69) is 24.9 Å². The van der Waals surface area contributed by atoms with Gasteiger partial charge in [0.25, 0.3) is 0 Å². The average molecular weight is 312 g/mol. The normalized spacial score (nSPS) is 35.2. The standard InChI is InChI=1S/C15H21NO.BrH/c1-11-15(12-5-3-7-14(17)9-12)8-4-6-13(10-15)16(11)2;/h3,5,7,9,11,13,17H,4,6,8,10H2,1-2H3;1H. The fourth-order valence-electron chi connectivity index (χ4n) is 4.03. The number of benzene rings is 1. The predicted molar refractivity (Wildman–Crippen MR) is 79.6 cm³/mol. The van der Waals surface area contributed by atoms with Crippen molar-refractivity contribution in [1.29, 1.82) is 0 Å². The molecule has 2 fully saturated rings. The van der Waals surface area contributed by atoms with Gasteiger partial charge in [0, 0.05) is 17.5 Å².